The van der Waals surface area contributed by atoms with Crippen LogP contribution < -0.4 is 5.32 Å². The summed E-state index contributed by atoms with van der Waals surface area (Å²) in [7, 11) is 0. The van der Waals surface area contributed by atoms with Crippen molar-refractivity contribution in [2.24, 2.45) is 0 Å². The number of aliphatic hydroxyl groups is 1. The van der Waals surface area contributed by atoms with E-state index in [0.29, 0.717) is 13.0 Å². The lowest BCUT2D eigenvalue weighted by Gasteiger charge is -2.21. The Bertz CT molecular complexity index is 226. The SMILES string of the molecule is CCOC(=O)CC(NC(CC)CO)C(C)=O. The Balaban J connectivity index is 4.27. The number of carbonyl (C=O) groups excluding carboxylic acids is 2. The molecule has 0 rings (SSSR count). The number of nitrogens with one attached hydrogen (secondary N) is 1. The Morgan fingerprint density at radius 3 is 2.38 bits per heavy atom. The molecule has 0 aliphatic rings. The minimum Gasteiger partial charge on any atom is -0.466 e. The largest absolute Gasteiger partial charge is 0.466 e. The minimum absolute atomic E-state index is 0.0136. The van der Waals surface area contributed by atoms with Crippen LogP contribution in [0.15, 0.2) is 0 Å². The third kappa shape index (κ3) is 5.82. The zero-order valence-electron chi connectivity index (χ0n) is 10.2. The number of esters is 1. The number of Topliss-reactive ketones (excluding diaryl/α,β-unsaturated/α-hetero) is 1. The molecule has 5 nitrogen and oxygen atoms in total. The summed E-state index contributed by atoms with van der Waals surface area (Å²) < 4.78 is 4.78. The molecule has 0 aromatic rings. The van der Waals surface area contributed by atoms with E-state index in [9.17, 15) is 9.59 Å². The molecular weight excluding hydrogens is 210 g/mol. The monoisotopic (exact) mass is 231 g/mol. The van der Waals surface area contributed by atoms with E-state index in [2.05, 4.69) is 5.32 Å². The lowest BCUT2D eigenvalue weighted by atomic mass is 10.1. The molecule has 0 fully saturated rings. The van der Waals surface area contributed by atoms with Crippen LogP contribution in [-0.2, 0) is 14.3 Å². The van der Waals surface area contributed by atoms with Crippen LogP contribution in [0, 0.1) is 0 Å². The molecule has 5 heteroatoms. The first-order chi connectivity index (χ1) is 7.54. The molecule has 0 radical (unpaired) electrons. The normalized spacial score (nSPS) is 14.2. The summed E-state index contributed by atoms with van der Waals surface area (Å²) >= 11 is 0. The van der Waals surface area contributed by atoms with Crippen molar-refractivity contribution in [1.29, 1.82) is 0 Å². The van der Waals surface area contributed by atoms with E-state index in [0.717, 1.165) is 0 Å². The maximum atomic E-state index is 11.3. The summed E-state index contributed by atoms with van der Waals surface area (Å²) in [5.41, 5.74) is 0. The van der Waals surface area contributed by atoms with Crippen molar-refractivity contribution in [3.8, 4) is 0 Å². The molecule has 0 aliphatic heterocycles. The van der Waals surface area contributed by atoms with E-state index in [1.165, 1.54) is 6.92 Å². The van der Waals surface area contributed by atoms with Crippen LogP contribution in [0.25, 0.3) is 0 Å². The van der Waals surface area contributed by atoms with Crippen molar-refractivity contribution in [3.63, 3.8) is 0 Å². The van der Waals surface area contributed by atoms with Crippen LogP contribution in [0.3, 0.4) is 0 Å². The van der Waals surface area contributed by atoms with Gasteiger partial charge in [0.25, 0.3) is 0 Å². The zero-order chi connectivity index (χ0) is 12.6. The number of hydrogen-bond acceptors (Lipinski definition) is 5. The molecule has 2 N–H and O–H groups in total. The second kappa shape index (κ2) is 8.24. The van der Waals surface area contributed by atoms with E-state index in [1.807, 2.05) is 6.92 Å². The number of ketones is 1. The van der Waals surface area contributed by atoms with E-state index >= 15 is 0 Å². The third-order valence-corrected chi connectivity index (χ3v) is 2.32. The van der Waals surface area contributed by atoms with Gasteiger partial charge in [-0.3, -0.25) is 9.59 Å². The fraction of sp³-hybridized carbons (Fsp3) is 0.818. The maximum absolute atomic E-state index is 11.3. The van der Waals surface area contributed by atoms with Crippen molar-refractivity contribution in [2.75, 3.05) is 13.2 Å². The Morgan fingerprint density at radius 2 is 2.00 bits per heavy atom. The molecule has 0 bridgehead atoms. The Labute approximate surface area is 96.2 Å². The summed E-state index contributed by atoms with van der Waals surface area (Å²) in [6.45, 7) is 5.29. The number of carbonyl (C=O) groups is 2. The highest BCUT2D eigenvalue weighted by Gasteiger charge is 2.21. The molecule has 0 aromatic carbocycles. The van der Waals surface area contributed by atoms with Gasteiger partial charge in [-0.25, -0.2) is 0 Å². The number of hydrogen-bond donors (Lipinski definition) is 2. The molecule has 0 aromatic heterocycles. The fourth-order valence-electron chi connectivity index (χ4n) is 1.29. The summed E-state index contributed by atoms with van der Waals surface area (Å²) in [6, 6.07) is -0.737. The first-order valence-electron chi connectivity index (χ1n) is 5.58. The number of ether oxygens (including phenoxy) is 1. The van der Waals surface area contributed by atoms with Gasteiger partial charge >= 0.3 is 5.97 Å². The van der Waals surface area contributed by atoms with E-state index < -0.39 is 12.0 Å². The summed E-state index contributed by atoms with van der Waals surface area (Å²) in [5, 5.41) is 11.9. The molecule has 2 atom stereocenters. The second-order valence-corrected chi connectivity index (χ2v) is 3.63. The van der Waals surface area contributed by atoms with Crippen LogP contribution in [0.5, 0.6) is 0 Å². The number of rotatable bonds is 8. The first-order valence-corrected chi connectivity index (χ1v) is 5.58. The number of aliphatic hydroxyl groups excluding tert-OH is 1. The second-order valence-electron chi connectivity index (χ2n) is 3.63. The predicted molar refractivity (Wildman–Crippen MR) is 60.0 cm³/mol. The van der Waals surface area contributed by atoms with Crippen LogP contribution in [-0.4, -0.2) is 42.2 Å². The first kappa shape index (κ1) is 15.1. The van der Waals surface area contributed by atoms with Crippen LogP contribution >= 0.6 is 0 Å². The van der Waals surface area contributed by atoms with Crippen molar-refractivity contribution in [3.05, 3.63) is 0 Å². The highest BCUT2D eigenvalue weighted by molar-refractivity contribution is 5.86. The Hall–Kier alpha value is -0.940. The van der Waals surface area contributed by atoms with Crippen LogP contribution in [0.4, 0.5) is 0 Å². The van der Waals surface area contributed by atoms with Gasteiger partial charge in [-0.1, -0.05) is 6.92 Å². The van der Waals surface area contributed by atoms with Gasteiger partial charge in [0.15, 0.2) is 0 Å². The van der Waals surface area contributed by atoms with Gasteiger partial charge in [0, 0.05) is 6.04 Å². The van der Waals surface area contributed by atoms with E-state index in [-0.39, 0.29) is 24.9 Å². The molecule has 0 aliphatic carbocycles. The van der Waals surface area contributed by atoms with Crippen LogP contribution in [0.1, 0.15) is 33.6 Å². The average Bonchev–Trinajstić information content (AvgIpc) is 2.24. The standard InChI is InChI=1S/C11H21NO4/c1-4-9(7-13)12-10(8(3)14)6-11(15)16-5-2/h9-10,12-13H,4-7H2,1-3H3. The van der Waals surface area contributed by atoms with Gasteiger partial charge in [-0.05, 0) is 20.3 Å². The molecule has 2 unspecified atom stereocenters. The van der Waals surface area contributed by atoms with Crippen molar-refractivity contribution < 1.29 is 19.4 Å². The lowest BCUT2D eigenvalue weighted by molar-refractivity contribution is -0.145. The smallest absolute Gasteiger partial charge is 0.307 e. The minimum atomic E-state index is -0.573. The van der Waals surface area contributed by atoms with Gasteiger partial charge in [0.1, 0.15) is 5.78 Å². The predicted octanol–water partition coefficient (Wildman–Crippen LogP) is 0.258. The lowest BCUT2D eigenvalue weighted by Crippen LogP contribution is -2.45. The van der Waals surface area contributed by atoms with Gasteiger partial charge in [-0.15, -0.1) is 0 Å². The van der Waals surface area contributed by atoms with Crippen molar-refractivity contribution in [2.45, 2.75) is 45.7 Å². The third-order valence-electron chi connectivity index (χ3n) is 2.32. The summed E-state index contributed by atoms with van der Waals surface area (Å²) in [5.74, 6) is -0.525. The van der Waals surface area contributed by atoms with Gasteiger partial charge in [0.05, 0.1) is 25.7 Å². The molecule has 0 saturated heterocycles. The molecule has 94 valence electrons. The molecular formula is C11H21NO4. The average molecular weight is 231 g/mol. The van der Waals surface area contributed by atoms with E-state index in [4.69, 9.17) is 9.84 Å². The zero-order valence-corrected chi connectivity index (χ0v) is 10.2. The van der Waals surface area contributed by atoms with Gasteiger partial charge in [0.2, 0.25) is 0 Å². The van der Waals surface area contributed by atoms with E-state index in [1.54, 1.807) is 6.92 Å². The molecule has 0 amide bonds. The van der Waals surface area contributed by atoms with Gasteiger partial charge in [-0.2, -0.15) is 0 Å². The Kier molecular flexibility index (Phi) is 7.76. The summed E-state index contributed by atoms with van der Waals surface area (Å²) in [4.78, 5) is 22.5. The highest BCUT2D eigenvalue weighted by atomic mass is 16.5. The van der Waals surface area contributed by atoms with Crippen molar-refractivity contribution >= 4 is 11.8 Å². The fourth-order valence-corrected chi connectivity index (χ4v) is 1.29. The molecule has 16 heavy (non-hydrogen) atoms. The van der Waals surface area contributed by atoms with Crippen LogP contribution in [0.2, 0.25) is 0 Å². The molecule has 0 saturated carbocycles. The topological polar surface area (TPSA) is 75.6 Å². The van der Waals surface area contributed by atoms with Crippen molar-refractivity contribution in [1.82, 2.24) is 5.32 Å². The molecule has 0 heterocycles. The summed E-state index contributed by atoms with van der Waals surface area (Å²) in [6.07, 6.45) is 0.711. The van der Waals surface area contributed by atoms with Gasteiger partial charge < -0.3 is 15.2 Å². The highest BCUT2D eigenvalue weighted by Crippen LogP contribution is 2.01. The molecule has 0 spiro atoms. The quantitative estimate of drug-likeness (QED) is 0.586. The Morgan fingerprint density at radius 1 is 1.38 bits per heavy atom. The maximum Gasteiger partial charge on any atom is 0.307 e.